The maximum Gasteiger partial charge on any atom is 0.178 e. The highest BCUT2D eigenvalue weighted by Crippen LogP contribution is 2.17. The standard InChI is InChI=1S/C15H15N5S/c16-10-12-3-4-13-14(9-12)20(15(21)18-13)7-2-1-6-19-8-5-17-11-19/h3-5,8-9,11H,1-2,6-7H2,(H,18,21). The SMILES string of the molecule is N#Cc1ccc2[nH]c(=S)n(CCCCn3ccnc3)c2c1. The van der Waals surface area contributed by atoms with E-state index in [4.69, 9.17) is 17.5 Å². The van der Waals surface area contributed by atoms with Crippen molar-refractivity contribution in [3.8, 4) is 6.07 Å². The monoisotopic (exact) mass is 297 g/mol. The van der Waals surface area contributed by atoms with Gasteiger partial charge in [0.05, 0.1) is 29.0 Å². The van der Waals surface area contributed by atoms with Crippen molar-refractivity contribution in [3.05, 3.63) is 47.3 Å². The molecule has 0 atom stereocenters. The van der Waals surface area contributed by atoms with Crippen LogP contribution in [0.2, 0.25) is 0 Å². The third kappa shape index (κ3) is 2.88. The number of unbranched alkanes of at least 4 members (excludes halogenated alkanes) is 1. The van der Waals surface area contributed by atoms with E-state index in [-0.39, 0.29) is 0 Å². The molecular weight excluding hydrogens is 282 g/mol. The summed E-state index contributed by atoms with van der Waals surface area (Å²) in [5, 5.41) is 9.01. The largest absolute Gasteiger partial charge is 0.337 e. The highest BCUT2D eigenvalue weighted by Gasteiger charge is 2.05. The van der Waals surface area contributed by atoms with Gasteiger partial charge in [-0.15, -0.1) is 0 Å². The number of aromatic nitrogens is 4. The van der Waals surface area contributed by atoms with Gasteiger partial charge < -0.3 is 14.1 Å². The molecule has 2 heterocycles. The van der Waals surface area contributed by atoms with E-state index >= 15 is 0 Å². The lowest BCUT2D eigenvalue weighted by molar-refractivity contribution is 0.556. The van der Waals surface area contributed by atoms with Gasteiger partial charge in [0.25, 0.3) is 0 Å². The Kier molecular flexibility index (Phi) is 3.84. The average molecular weight is 297 g/mol. The lowest BCUT2D eigenvalue weighted by Crippen LogP contribution is -2.01. The van der Waals surface area contributed by atoms with Gasteiger partial charge in [-0.2, -0.15) is 5.26 Å². The van der Waals surface area contributed by atoms with Crippen LogP contribution >= 0.6 is 12.2 Å². The number of nitrogens with one attached hydrogen (secondary N) is 1. The van der Waals surface area contributed by atoms with Gasteiger partial charge in [-0.05, 0) is 43.3 Å². The van der Waals surface area contributed by atoms with E-state index in [0.717, 1.165) is 37.0 Å². The summed E-state index contributed by atoms with van der Waals surface area (Å²) in [7, 11) is 0. The topological polar surface area (TPSA) is 62.3 Å². The third-order valence-corrected chi connectivity index (χ3v) is 3.83. The van der Waals surface area contributed by atoms with Gasteiger partial charge in [0, 0.05) is 25.5 Å². The molecule has 3 rings (SSSR count). The molecule has 106 valence electrons. The molecule has 0 radical (unpaired) electrons. The number of hydrogen-bond donors (Lipinski definition) is 1. The summed E-state index contributed by atoms with van der Waals surface area (Å²) in [5.41, 5.74) is 2.64. The van der Waals surface area contributed by atoms with Gasteiger partial charge in [0.2, 0.25) is 0 Å². The number of nitrogens with zero attached hydrogens (tertiary/aromatic N) is 4. The number of benzene rings is 1. The van der Waals surface area contributed by atoms with Crippen molar-refractivity contribution >= 4 is 23.3 Å². The quantitative estimate of drug-likeness (QED) is 0.581. The van der Waals surface area contributed by atoms with E-state index in [9.17, 15) is 0 Å². The molecule has 1 N–H and O–H groups in total. The van der Waals surface area contributed by atoms with E-state index in [1.165, 1.54) is 0 Å². The third-order valence-electron chi connectivity index (χ3n) is 3.51. The van der Waals surface area contributed by atoms with Gasteiger partial charge >= 0.3 is 0 Å². The highest BCUT2D eigenvalue weighted by atomic mass is 32.1. The van der Waals surface area contributed by atoms with E-state index in [1.807, 2.05) is 24.7 Å². The summed E-state index contributed by atoms with van der Waals surface area (Å²) in [6, 6.07) is 7.77. The first-order chi connectivity index (χ1) is 10.3. The molecule has 0 fully saturated rings. The van der Waals surface area contributed by atoms with Crippen molar-refractivity contribution < 1.29 is 0 Å². The molecule has 0 aliphatic rings. The number of fused-ring (bicyclic) bond motifs is 1. The summed E-state index contributed by atoms with van der Waals surface area (Å²) < 4.78 is 4.85. The van der Waals surface area contributed by atoms with Crippen LogP contribution in [0, 0.1) is 16.1 Å². The molecule has 21 heavy (non-hydrogen) atoms. The van der Waals surface area contributed by atoms with Crippen molar-refractivity contribution in [1.29, 1.82) is 5.26 Å². The Balaban J connectivity index is 1.72. The molecule has 3 aromatic rings. The maximum absolute atomic E-state index is 9.01. The maximum atomic E-state index is 9.01. The number of nitriles is 1. The average Bonchev–Trinajstić information content (AvgIpc) is 3.11. The van der Waals surface area contributed by atoms with Gasteiger partial charge in [-0.3, -0.25) is 0 Å². The fourth-order valence-corrected chi connectivity index (χ4v) is 2.73. The van der Waals surface area contributed by atoms with Crippen molar-refractivity contribution in [2.45, 2.75) is 25.9 Å². The number of hydrogen-bond acceptors (Lipinski definition) is 3. The molecule has 0 saturated carbocycles. The number of H-pyrrole nitrogens is 1. The molecule has 0 amide bonds. The minimum Gasteiger partial charge on any atom is -0.337 e. The van der Waals surface area contributed by atoms with Gasteiger partial charge in [0.15, 0.2) is 4.77 Å². The van der Waals surface area contributed by atoms with Crippen LogP contribution in [-0.2, 0) is 13.1 Å². The summed E-state index contributed by atoms with van der Waals surface area (Å²) in [6.45, 7) is 1.81. The van der Waals surface area contributed by atoms with Crippen LogP contribution in [0.5, 0.6) is 0 Å². The Morgan fingerprint density at radius 1 is 1.29 bits per heavy atom. The molecule has 0 bridgehead atoms. The molecule has 0 spiro atoms. The highest BCUT2D eigenvalue weighted by molar-refractivity contribution is 7.71. The molecule has 1 aromatic carbocycles. The summed E-state index contributed by atoms with van der Waals surface area (Å²) in [4.78, 5) is 7.22. The van der Waals surface area contributed by atoms with Crippen LogP contribution in [0.15, 0.2) is 36.9 Å². The van der Waals surface area contributed by atoms with Crippen molar-refractivity contribution in [2.24, 2.45) is 0 Å². The molecule has 0 saturated heterocycles. The molecule has 0 aliphatic carbocycles. The second-order valence-electron chi connectivity index (χ2n) is 4.93. The smallest absolute Gasteiger partial charge is 0.178 e. The van der Waals surface area contributed by atoms with E-state index in [2.05, 4.69) is 25.2 Å². The predicted octanol–water partition coefficient (Wildman–Crippen LogP) is 3.25. The summed E-state index contributed by atoms with van der Waals surface area (Å²) in [5.74, 6) is 0. The van der Waals surface area contributed by atoms with Crippen LogP contribution in [0.3, 0.4) is 0 Å². The zero-order valence-electron chi connectivity index (χ0n) is 11.5. The Bertz CT molecular complexity index is 835. The number of imidazole rings is 2. The number of aromatic amines is 1. The van der Waals surface area contributed by atoms with Crippen molar-refractivity contribution in [2.75, 3.05) is 0 Å². The van der Waals surface area contributed by atoms with Crippen molar-refractivity contribution in [3.63, 3.8) is 0 Å². The Labute approximate surface area is 127 Å². The minimum absolute atomic E-state index is 0.656. The Morgan fingerprint density at radius 2 is 2.14 bits per heavy atom. The first-order valence-corrected chi connectivity index (χ1v) is 7.27. The number of aryl methyl sites for hydroxylation is 2. The summed E-state index contributed by atoms with van der Waals surface area (Å²) in [6.07, 6.45) is 7.67. The normalized spacial score (nSPS) is 10.8. The number of rotatable bonds is 5. The first-order valence-electron chi connectivity index (χ1n) is 6.86. The van der Waals surface area contributed by atoms with Crippen LogP contribution in [0.4, 0.5) is 0 Å². The zero-order chi connectivity index (χ0) is 14.7. The minimum atomic E-state index is 0.656. The molecular formula is C15H15N5S. The molecule has 0 aliphatic heterocycles. The lowest BCUT2D eigenvalue weighted by Gasteiger charge is -2.05. The van der Waals surface area contributed by atoms with Crippen LogP contribution in [0.1, 0.15) is 18.4 Å². The second kappa shape index (κ2) is 5.94. The lowest BCUT2D eigenvalue weighted by atomic mass is 10.2. The molecule has 5 nitrogen and oxygen atoms in total. The van der Waals surface area contributed by atoms with E-state index in [1.54, 1.807) is 12.3 Å². The van der Waals surface area contributed by atoms with E-state index < -0.39 is 0 Å². The van der Waals surface area contributed by atoms with Gasteiger partial charge in [-0.25, -0.2) is 4.98 Å². The Hall–Kier alpha value is -2.39. The summed E-state index contributed by atoms with van der Waals surface area (Å²) >= 11 is 5.37. The van der Waals surface area contributed by atoms with Gasteiger partial charge in [-0.1, -0.05) is 0 Å². The fraction of sp³-hybridized carbons (Fsp3) is 0.267. The molecule has 0 unspecified atom stereocenters. The van der Waals surface area contributed by atoms with Gasteiger partial charge in [0.1, 0.15) is 0 Å². The van der Waals surface area contributed by atoms with Crippen molar-refractivity contribution in [1.82, 2.24) is 19.1 Å². The van der Waals surface area contributed by atoms with Crippen LogP contribution in [-0.4, -0.2) is 19.1 Å². The predicted molar refractivity (Wildman–Crippen MR) is 83.3 cm³/mol. The second-order valence-corrected chi connectivity index (χ2v) is 5.32. The zero-order valence-corrected chi connectivity index (χ0v) is 12.3. The van der Waals surface area contributed by atoms with Crippen LogP contribution in [0.25, 0.3) is 11.0 Å². The fourth-order valence-electron chi connectivity index (χ4n) is 2.43. The molecule has 6 heteroatoms. The molecule has 2 aromatic heterocycles. The van der Waals surface area contributed by atoms with E-state index in [0.29, 0.717) is 10.3 Å². The van der Waals surface area contributed by atoms with Crippen LogP contribution < -0.4 is 0 Å². The first kappa shape index (κ1) is 13.6. The Morgan fingerprint density at radius 3 is 2.90 bits per heavy atom.